The third-order valence-electron chi connectivity index (χ3n) is 4.38. The molecule has 1 aliphatic heterocycles. The van der Waals surface area contributed by atoms with Crippen molar-refractivity contribution in [3.8, 4) is 0 Å². The summed E-state index contributed by atoms with van der Waals surface area (Å²) >= 11 is 0. The van der Waals surface area contributed by atoms with Gasteiger partial charge in [0.1, 0.15) is 5.82 Å². The second kappa shape index (κ2) is 9.39. The highest BCUT2D eigenvalue weighted by molar-refractivity contribution is 5.81. The number of benzene rings is 1. The summed E-state index contributed by atoms with van der Waals surface area (Å²) < 4.78 is 13.2. The van der Waals surface area contributed by atoms with Crippen LogP contribution in [-0.2, 0) is 11.2 Å². The van der Waals surface area contributed by atoms with E-state index in [-0.39, 0.29) is 23.7 Å². The Hall–Kier alpha value is -2.11. The molecule has 1 aliphatic rings. The highest BCUT2D eigenvalue weighted by Crippen LogP contribution is 2.12. The maximum absolute atomic E-state index is 13.2. The van der Waals surface area contributed by atoms with Crippen LogP contribution in [0.25, 0.3) is 0 Å². The Morgan fingerprint density at radius 1 is 1.44 bits per heavy atom. The number of halogens is 1. The Kier molecular flexibility index (Phi) is 7.22. The molecule has 1 unspecified atom stereocenters. The second-order valence-corrected chi connectivity index (χ2v) is 6.80. The molecule has 1 aromatic carbocycles. The Balaban J connectivity index is 1.70. The maximum Gasteiger partial charge on any atom is 0.225 e. The van der Waals surface area contributed by atoms with Gasteiger partial charge in [0.25, 0.3) is 0 Å². The van der Waals surface area contributed by atoms with E-state index in [2.05, 4.69) is 15.6 Å². The van der Waals surface area contributed by atoms with Gasteiger partial charge < -0.3 is 15.5 Å². The highest BCUT2D eigenvalue weighted by Gasteiger charge is 2.27. The number of nitrogens with zero attached hydrogens (tertiary/aromatic N) is 2. The summed E-state index contributed by atoms with van der Waals surface area (Å²) in [6.07, 6.45) is 2.65. The second-order valence-electron chi connectivity index (χ2n) is 6.80. The van der Waals surface area contributed by atoms with Gasteiger partial charge in [-0.25, -0.2) is 4.39 Å². The van der Waals surface area contributed by atoms with Crippen molar-refractivity contribution < 1.29 is 9.18 Å². The zero-order chi connectivity index (χ0) is 18.2. The number of hydrogen-bond donors (Lipinski definition) is 2. The van der Waals surface area contributed by atoms with Gasteiger partial charge >= 0.3 is 0 Å². The lowest BCUT2D eigenvalue weighted by Crippen LogP contribution is -2.45. The molecule has 0 radical (unpaired) electrons. The van der Waals surface area contributed by atoms with E-state index in [1.807, 2.05) is 24.8 Å². The van der Waals surface area contributed by atoms with E-state index >= 15 is 0 Å². The molecule has 138 valence electrons. The molecule has 0 aliphatic carbocycles. The molecule has 1 saturated heterocycles. The Bertz CT molecular complexity index is 603. The van der Waals surface area contributed by atoms with E-state index in [4.69, 9.17) is 0 Å². The lowest BCUT2D eigenvalue weighted by molar-refractivity contribution is -0.133. The molecule has 1 aromatic rings. The van der Waals surface area contributed by atoms with Gasteiger partial charge in [-0.2, -0.15) is 0 Å². The predicted octanol–water partition coefficient (Wildman–Crippen LogP) is 2.18. The molecular formula is C19H29FN4O. The largest absolute Gasteiger partial charge is 0.356 e. The number of carbonyl (C=O) groups excluding carboxylic acids is 1. The Morgan fingerprint density at radius 3 is 2.92 bits per heavy atom. The van der Waals surface area contributed by atoms with Crippen molar-refractivity contribution in [2.45, 2.75) is 39.2 Å². The smallest absolute Gasteiger partial charge is 0.225 e. The number of hydrogen-bond acceptors (Lipinski definition) is 2. The van der Waals surface area contributed by atoms with Gasteiger partial charge in [-0.05, 0) is 37.0 Å². The van der Waals surface area contributed by atoms with Crippen LogP contribution in [0, 0.1) is 11.7 Å². The van der Waals surface area contributed by atoms with Crippen LogP contribution in [0.4, 0.5) is 4.39 Å². The van der Waals surface area contributed by atoms with E-state index in [9.17, 15) is 9.18 Å². The topological polar surface area (TPSA) is 56.7 Å². The van der Waals surface area contributed by atoms with Crippen molar-refractivity contribution in [3.63, 3.8) is 0 Å². The summed E-state index contributed by atoms with van der Waals surface area (Å²) in [6, 6.07) is 6.95. The molecule has 2 N–H and O–H groups in total. The maximum atomic E-state index is 13.2. The van der Waals surface area contributed by atoms with E-state index < -0.39 is 0 Å². The fraction of sp³-hybridized carbons (Fsp3) is 0.579. The van der Waals surface area contributed by atoms with E-state index in [1.165, 1.54) is 6.07 Å². The molecular weight excluding hydrogens is 319 g/mol. The Morgan fingerprint density at radius 2 is 2.24 bits per heavy atom. The molecule has 0 spiro atoms. The number of aliphatic imine (C=N–C) groups is 1. The first kappa shape index (κ1) is 19.2. The summed E-state index contributed by atoms with van der Waals surface area (Å²) in [4.78, 5) is 18.2. The van der Waals surface area contributed by atoms with Crippen LogP contribution in [-0.4, -0.2) is 49.5 Å². The molecule has 0 aromatic heterocycles. The summed E-state index contributed by atoms with van der Waals surface area (Å²) in [7, 11) is 1.74. The molecule has 0 saturated carbocycles. The van der Waals surface area contributed by atoms with Gasteiger partial charge in [-0.3, -0.25) is 9.79 Å². The minimum absolute atomic E-state index is 0.0408. The lowest BCUT2D eigenvalue weighted by Gasteiger charge is -2.20. The average Bonchev–Trinajstić information content (AvgIpc) is 3.05. The third kappa shape index (κ3) is 6.03. The SMILES string of the molecule is CN=C(NCCCc1cccc(F)c1)NC1CCN(C(=O)C(C)C)C1. The number of likely N-dealkylation sites (tertiary alicyclic amines) is 1. The van der Waals surface area contributed by atoms with Crippen LogP contribution < -0.4 is 10.6 Å². The molecule has 1 fully saturated rings. The zero-order valence-corrected chi connectivity index (χ0v) is 15.4. The van der Waals surface area contributed by atoms with Crippen LogP contribution in [0.15, 0.2) is 29.3 Å². The summed E-state index contributed by atoms with van der Waals surface area (Å²) in [5, 5.41) is 6.67. The number of guanidine groups is 1. The van der Waals surface area contributed by atoms with Gasteiger partial charge in [-0.1, -0.05) is 26.0 Å². The number of aryl methyl sites for hydroxylation is 1. The number of carbonyl (C=O) groups is 1. The van der Waals surface area contributed by atoms with Crippen LogP contribution in [0.3, 0.4) is 0 Å². The van der Waals surface area contributed by atoms with Crippen molar-refractivity contribution in [2.75, 3.05) is 26.7 Å². The average molecular weight is 348 g/mol. The monoisotopic (exact) mass is 348 g/mol. The molecule has 1 amide bonds. The molecule has 1 heterocycles. The lowest BCUT2D eigenvalue weighted by atomic mass is 10.1. The van der Waals surface area contributed by atoms with Crippen molar-refractivity contribution in [1.82, 2.24) is 15.5 Å². The first-order valence-corrected chi connectivity index (χ1v) is 9.00. The van der Waals surface area contributed by atoms with Crippen molar-refractivity contribution in [1.29, 1.82) is 0 Å². The van der Waals surface area contributed by atoms with Crippen LogP contribution in [0.1, 0.15) is 32.3 Å². The summed E-state index contributed by atoms with van der Waals surface area (Å²) in [5.41, 5.74) is 1.00. The normalized spacial score (nSPS) is 17.9. The van der Waals surface area contributed by atoms with Crippen molar-refractivity contribution in [3.05, 3.63) is 35.6 Å². The molecule has 1 atom stereocenters. The standard InChI is InChI=1S/C19H29FN4O/c1-14(2)18(25)24-11-9-17(13-24)23-19(21-3)22-10-5-7-15-6-4-8-16(20)12-15/h4,6,8,12,14,17H,5,7,9-11,13H2,1-3H3,(H2,21,22,23). The van der Waals surface area contributed by atoms with Gasteiger partial charge in [-0.15, -0.1) is 0 Å². The van der Waals surface area contributed by atoms with Gasteiger partial charge in [0.2, 0.25) is 5.91 Å². The van der Waals surface area contributed by atoms with Crippen molar-refractivity contribution >= 4 is 11.9 Å². The number of amides is 1. The van der Waals surface area contributed by atoms with E-state index in [0.717, 1.165) is 50.4 Å². The van der Waals surface area contributed by atoms with Crippen molar-refractivity contribution in [2.24, 2.45) is 10.9 Å². The summed E-state index contributed by atoms with van der Waals surface area (Å²) in [5.74, 6) is 0.814. The first-order chi connectivity index (χ1) is 12.0. The first-order valence-electron chi connectivity index (χ1n) is 9.00. The number of rotatable bonds is 6. The molecule has 6 heteroatoms. The Labute approximate surface area is 149 Å². The van der Waals surface area contributed by atoms with Crippen LogP contribution >= 0.6 is 0 Å². The van der Waals surface area contributed by atoms with Gasteiger partial charge in [0, 0.05) is 38.6 Å². The fourth-order valence-corrected chi connectivity index (χ4v) is 3.02. The van der Waals surface area contributed by atoms with Gasteiger partial charge in [0.15, 0.2) is 5.96 Å². The minimum atomic E-state index is -0.190. The molecule has 25 heavy (non-hydrogen) atoms. The van der Waals surface area contributed by atoms with E-state index in [0.29, 0.717) is 0 Å². The minimum Gasteiger partial charge on any atom is -0.356 e. The van der Waals surface area contributed by atoms with Crippen LogP contribution in [0.2, 0.25) is 0 Å². The zero-order valence-electron chi connectivity index (χ0n) is 15.4. The predicted molar refractivity (Wildman–Crippen MR) is 99.0 cm³/mol. The van der Waals surface area contributed by atoms with Crippen LogP contribution in [0.5, 0.6) is 0 Å². The molecule has 0 bridgehead atoms. The van der Waals surface area contributed by atoms with Gasteiger partial charge in [0.05, 0.1) is 0 Å². The fourth-order valence-electron chi connectivity index (χ4n) is 3.02. The molecule has 5 nitrogen and oxygen atoms in total. The highest BCUT2D eigenvalue weighted by atomic mass is 19.1. The molecule has 2 rings (SSSR count). The third-order valence-corrected chi connectivity index (χ3v) is 4.38. The summed E-state index contributed by atoms with van der Waals surface area (Å²) in [6.45, 7) is 6.15. The van der Waals surface area contributed by atoms with E-state index in [1.54, 1.807) is 19.2 Å². The number of nitrogens with one attached hydrogen (secondary N) is 2. The quantitative estimate of drug-likeness (QED) is 0.471.